The first-order valence-electron chi connectivity index (χ1n) is 6.72. The van der Waals surface area contributed by atoms with Crippen LogP contribution in [0.3, 0.4) is 0 Å². The summed E-state index contributed by atoms with van der Waals surface area (Å²) in [5.41, 5.74) is 2.13. The molecule has 0 radical (unpaired) electrons. The summed E-state index contributed by atoms with van der Waals surface area (Å²) in [6, 6.07) is 3.63. The fourth-order valence-corrected chi connectivity index (χ4v) is 2.33. The Bertz CT molecular complexity index is 501. The highest BCUT2D eigenvalue weighted by Crippen LogP contribution is 2.34. The minimum atomic E-state index is -0.363. The Morgan fingerprint density at radius 3 is 2.90 bits per heavy atom. The average molecular weight is 279 g/mol. The highest BCUT2D eigenvalue weighted by atomic mass is 16.5. The molecule has 110 valence electrons. The van der Waals surface area contributed by atoms with E-state index in [9.17, 15) is 4.79 Å². The Kier molecular flexibility index (Phi) is 4.49. The summed E-state index contributed by atoms with van der Waals surface area (Å²) in [6.45, 7) is 4.33. The number of carbonyl (C=O) groups excluding carboxylic acids is 1. The molecule has 0 saturated carbocycles. The van der Waals surface area contributed by atoms with Crippen molar-refractivity contribution >= 4 is 5.97 Å². The molecule has 1 heterocycles. The van der Waals surface area contributed by atoms with Gasteiger partial charge in [0.15, 0.2) is 0 Å². The molecule has 5 heteroatoms. The van der Waals surface area contributed by atoms with Crippen LogP contribution in [0, 0.1) is 0 Å². The molecule has 0 amide bonds. The van der Waals surface area contributed by atoms with E-state index < -0.39 is 0 Å². The number of esters is 1. The number of carbonyl (C=O) groups is 1. The van der Waals surface area contributed by atoms with E-state index in [4.69, 9.17) is 9.47 Å². The van der Waals surface area contributed by atoms with Crippen LogP contribution in [0.1, 0.15) is 25.0 Å². The maximum absolute atomic E-state index is 11.4. The molecule has 2 rings (SSSR count). The Balaban J connectivity index is 2.12. The Hall–Kier alpha value is -1.75. The smallest absolute Gasteiger partial charge is 0.322 e. The SMILES string of the molecule is COC(=O)[C@H](C)NCc1cc2c(cc1OC)CC(C)O2. The third kappa shape index (κ3) is 3.04. The van der Waals surface area contributed by atoms with Crippen molar-refractivity contribution in [2.24, 2.45) is 0 Å². The average Bonchev–Trinajstić information content (AvgIpc) is 2.81. The van der Waals surface area contributed by atoms with Gasteiger partial charge in [-0.15, -0.1) is 0 Å². The standard InChI is InChI=1S/C15H21NO4/c1-9-5-11-6-13(18-3)12(7-14(11)20-9)8-16-10(2)15(17)19-4/h6-7,9-10,16H,5,8H2,1-4H3/t9?,10-/m0/s1. The zero-order valence-corrected chi connectivity index (χ0v) is 12.4. The van der Waals surface area contributed by atoms with E-state index in [1.807, 2.05) is 19.1 Å². The van der Waals surface area contributed by atoms with Gasteiger partial charge in [-0.2, -0.15) is 0 Å². The molecule has 2 atom stereocenters. The molecular formula is C15H21NO4. The van der Waals surface area contributed by atoms with Crippen LogP contribution in [0.4, 0.5) is 0 Å². The lowest BCUT2D eigenvalue weighted by atomic mass is 10.1. The molecule has 0 fully saturated rings. The first-order chi connectivity index (χ1) is 9.55. The fraction of sp³-hybridized carbons (Fsp3) is 0.533. The van der Waals surface area contributed by atoms with Crippen molar-refractivity contribution in [3.05, 3.63) is 23.3 Å². The third-order valence-corrected chi connectivity index (χ3v) is 3.45. The second kappa shape index (κ2) is 6.13. The zero-order valence-electron chi connectivity index (χ0n) is 12.4. The zero-order chi connectivity index (χ0) is 14.7. The summed E-state index contributed by atoms with van der Waals surface area (Å²) >= 11 is 0. The molecule has 0 saturated heterocycles. The van der Waals surface area contributed by atoms with Gasteiger partial charge in [0.2, 0.25) is 0 Å². The maximum Gasteiger partial charge on any atom is 0.322 e. The number of methoxy groups -OCH3 is 2. The van der Waals surface area contributed by atoms with Gasteiger partial charge in [-0.25, -0.2) is 0 Å². The van der Waals surface area contributed by atoms with Gasteiger partial charge >= 0.3 is 5.97 Å². The molecule has 1 aliphatic heterocycles. The summed E-state index contributed by atoms with van der Waals surface area (Å²) in [5.74, 6) is 1.43. The van der Waals surface area contributed by atoms with Crippen LogP contribution in [0.15, 0.2) is 12.1 Å². The predicted molar refractivity (Wildman–Crippen MR) is 75.1 cm³/mol. The number of benzene rings is 1. The molecule has 0 bridgehead atoms. The second-order valence-corrected chi connectivity index (χ2v) is 5.03. The lowest BCUT2D eigenvalue weighted by molar-refractivity contribution is -0.142. The molecule has 1 N–H and O–H groups in total. The molecule has 0 aromatic heterocycles. The summed E-state index contributed by atoms with van der Waals surface area (Å²) < 4.78 is 15.8. The van der Waals surface area contributed by atoms with E-state index in [0.717, 1.165) is 23.5 Å². The quantitative estimate of drug-likeness (QED) is 0.831. The monoisotopic (exact) mass is 279 g/mol. The van der Waals surface area contributed by atoms with Crippen molar-refractivity contribution in [1.29, 1.82) is 0 Å². The Morgan fingerprint density at radius 1 is 1.50 bits per heavy atom. The predicted octanol–water partition coefficient (Wildman–Crippen LogP) is 1.67. The largest absolute Gasteiger partial charge is 0.496 e. The van der Waals surface area contributed by atoms with Gasteiger partial charge in [0.25, 0.3) is 0 Å². The lowest BCUT2D eigenvalue weighted by Crippen LogP contribution is -2.34. The van der Waals surface area contributed by atoms with Crippen LogP contribution >= 0.6 is 0 Å². The molecule has 1 unspecified atom stereocenters. The Morgan fingerprint density at radius 2 is 2.25 bits per heavy atom. The Labute approximate surface area is 119 Å². The number of nitrogens with one attached hydrogen (secondary N) is 1. The number of hydrogen-bond donors (Lipinski definition) is 1. The molecule has 1 aromatic carbocycles. The van der Waals surface area contributed by atoms with Gasteiger partial charge in [0.1, 0.15) is 23.6 Å². The highest BCUT2D eigenvalue weighted by molar-refractivity contribution is 5.75. The number of rotatable bonds is 5. The normalized spacial score (nSPS) is 18.1. The van der Waals surface area contributed by atoms with Crippen LogP contribution in [0.2, 0.25) is 0 Å². The number of hydrogen-bond acceptors (Lipinski definition) is 5. The summed E-state index contributed by atoms with van der Waals surface area (Å²) in [7, 11) is 3.03. The van der Waals surface area contributed by atoms with E-state index in [-0.39, 0.29) is 18.1 Å². The van der Waals surface area contributed by atoms with Crippen LogP contribution in [0.25, 0.3) is 0 Å². The summed E-state index contributed by atoms with van der Waals surface area (Å²) in [4.78, 5) is 11.4. The van der Waals surface area contributed by atoms with Crippen LogP contribution in [-0.4, -0.2) is 32.3 Å². The first-order valence-corrected chi connectivity index (χ1v) is 6.72. The topological polar surface area (TPSA) is 56.8 Å². The first kappa shape index (κ1) is 14.7. The molecule has 20 heavy (non-hydrogen) atoms. The molecule has 5 nitrogen and oxygen atoms in total. The van der Waals surface area contributed by atoms with Crippen molar-refractivity contribution in [3.63, 3.8) is 0 Å². The highest BCUT2D eigenvalue weighted by Gasteiger charge is 2.22. The van der Waals surface area contributed by atoms with E-state index in [2.05, 4.69) is 10.1 Å². The van der Waals surface area contributed by atoms with Crippen molar-refractivity contribution in [2.75, 3.05) is 14.2 Å². The van der Waals surface area contributed by atoms with Crippen molar-refractivity contribution in [2.45, 2.75) is 39.0 Å². The fourth-order valence-electron chi connectivity index (χ4n) is 2.33. The maximum atomic E-state index is 11.4. The van der Waals surface area contributed by atoms with E-state index in [1.165, 1.54) is 12.7 Å². The van der Waals surface area contributed by atoms with Gasteiger partial charge in [-0.1, -0.05) is 0 Å². The van der Waals surface area contributed by atoms with Gasteiger partial charge in [0.05, 0.1) is 14.2 Å². The molecule has 0 aliphatic carbocycles. The summed E-state index contributed by atoms with van der Waals surface area (Å²) in [6.07, 6.45) is 1.10. The van der Waals surface area contributed by atoms with E-state index >= 15 is 0 Å². The minimum Gasteiger partial charge on any atom is -0.496 e. The molecule has 1 aliphatic rings. The van der Waals surface area contributed by atoms with Gasteiger partial charge in [-0.3, -0.25) is 4.79 Å². The van der Waals surface area contributed by atoms with Crippen LogP contribution in [-0.2, 0) is 22.5 Å². The van der Waals surface area contributed by atoms with Crippen molar-refractivity contribution < 1.29 is 19.0 Å². The second-order valence-electron chi connectivity index (χ2n) is 5.03. The van der Waals surface area contributed by atoms with E-state index in [0.29, 0.717) is 6.54 Å². The molecule has 1 aromatic rings. The van der Waals surface area contributed by atoms with E-state index in [1.54, 1.807) is 14.0 Å². The van der Waals surface area contributed by atoms with Crippen LogP contribution in [0.5, 0.6) is 11.5 Å². The minimum absolute atomic E-state index is 0.201. The number of ether oxygens (including phenoxy) is 3. The third-order valence-electron chi connectivity index (χ3n) is 3.45. The van der Waals surface area contributed by atoms with Gasteiger partial charge in [0, 0.05) is 24.1 Å². The lowest BCUT2D eigenvalue weighted by Gasteiger charge is -2.14. The van der Waals surface area contributed by atoms with Gasteiger partial charge in [-0.05, 0) is 26.0 Å². The van der Waals surface area contributed by atoms with Gasteiger partial charge < -0.3 is 19.5 Å². The summed E-state index contributed by atoms with van der Waals surface area (Å²) in [5, 5.41) is 3.12. The van der Waals surface area contributed by atoms with Crippen LogP contribution < -0.4 is 14.8 Å². The van der Waals surface area contributed by atoms with Crippen molar-refractivity contribution in [1.82, 2.24) is 5.32 Å². The molecular weight excluding hydrogens is 258 g/mol. The molecule has 0 spiro atoms. The number of fused-ring (bicyclic) bond motifs is 1. The van der Waals surface area contributed by atoms with Crippen molar-refractivity contribution in [3.8, 4) is 11.5 Å².